The van der Waals surface area contributed by atoms with Crippen LogP contribution in [-0.2, 0) is 4.43 Å². The second-order valence-corrected chi connectivity index (χ2v) is 8.91. The van der Waals surface area contributed by atoms with Gasteiger partial charge in [0.25, 0.3) is 0 Å². The quantitative estimate of drug-likeness (QED) is 0.481. The van der Waals surface area contributed by atoms with Crippen LogP contribution in [0.5, 0.6) is 0 Å². The van der Waals surface area contributed by atoms with E-state index in [0.29, 0.717) is 6.10 Å². The maximum Gasteiger partial charge on any atom is 0.184 e. The summed E-state index contributed by atoms with van der Waals surface area (Å²) in [6.07, 6.45) is 12.5. The first-order valence-electron chi connectivity index (χ1n) is 5.28. The third kappa shape index (κ3) is 8.09. The van der Waals surface area contributed by atoms with E-state index in [1.807, 2.05) is 6.08 Å². The van der Waals surface area contributed by atoms with E-state index in [2.05, 4.69) is 32.5 Å². The molecule has 1 atom stereocenters. The molecule has 0 bridgehead atoms. The molecule has 2 heteroatoms. The topological polar surface area (TPSA) is 9.23 Å². The summed E-state index contributed by atoms with van der Waals surface area (Å²) in [6, 6.07) is 0. The highest BCUT2D eigenvalue weighted by Gasteiger charge is 2.19. The number of terminal acetylenes is 1. The summed E-state index contributed by atoms with van der Waals surface area (Å²) < 4.78 is 6.04. The smallest absolute Gasteiger partial charge is 0.184 e. The van der Waals surface area contributed by atoms with E-state index >= 15 is 0 Å². The Morgan fingerprint density at radius 3 is 2.50 bits per heavy atom. The zero-order chi connectivity index (χ0) is 11.0. The van der Waals surface area contributed by atoms with Crippen molar-refractivity contribution in [3.05, 3.63) is 12.2 Å². The lowest BCUT2D eigenvalue weighted by Gasteiger charge is -2.25. The van der Waals surface area contributed by atoms with E-state index in [0.717, 1.165) is 12.8 Å². The predicted octanol–water partition coefficient (Wildman–Crippen LogP) is 3.59. The molecule has 0 amide bonds. The molecular formula is C12H22OSi. The minimum Gasteiger partial charge on any atom is -0.414 e. The fourth-order valence-corrected chi connectivity index (χ4v) is 2.55. The van der Waals surface area contributed by atoms with Crippen LogP contribution in [0.4, 0.5) is 0 Å². The normalized spacial score (nSPS) is 14.2. The third-order valence-electron chi connectivity index (χ3n) is 1.74. The summed E-state index contributed by atoms with van der Waals surface area (Å²) in [5.41, 5.74) is 0. The minimum atomic E-state index is -1.40. The molecule has 1 nitrogen and oxygen atoms in total. The Kier molecular flexibility index (Phi) is 6.60. The lowest BCUT2D eigenvalue weighted by atomic mass is 10.1. The molecule has 0 heterocycles. The Hall–Kier alpha value is -0.523. The molecule has 14 heavy (non-hydrogen) atoms. The van der Waals surface area contributed by atoms with E-state index in [-0.39, 0.29) is 0 Å². The van der Waals surface area contributed by atoms with Gasteiger partial charge in [-0.05, 0) is 38.6 Å². The molecule has 0 aromatic carbocycles. The number of hydrogen-bond acceptors (Lipinski definition) is 1. The highest BCUT2D eigenvalue weighted by molar-refractivity contribution is 6.69. The van der Waals surface area contributed by atoms with Crippen LogP contribution in [0.3, 0.4) is 0 Å². The van der Waals surface area contributed by atoms with Crippen LogP contribution in [0.15, 0.2) is 12.2 Å². The maximum absolute atomic E-state index is 6.04. The van der Waals surface area contributed by atoms with Crippen molar-refractivity contribution in [1.29, 1.82) is 0 Å². The SMILES string of the molecule is C#CC=CCC(CCC)O[Si](C)(C)C. The second kappa shape index (κ2) is 6.86. The summed E-state index contributed by atoms with van der Waals surface area (Å²) in [5, 5.41) is 0. The van der Waals surface area contributed by atoms with Gasteiger partial charge in [-0.2, -0.15) is 0 Å². The Balaban J connectivity index is 4.03. The highest BCUT2D eigenvalue weighted by Crippen LogP contribution is 2.14. The fourth-order valence-electron chi connectivity index (χ4n) is 1.33. The van der Waals surface area contributed by atoms with Crippen molar-refractivity contribution in [3.8, 4) is 12.3 Å². The summed E-state index contributed by atoms with van der Waals surface area (Å²) in [7, 11) is -1.40. The van der Waals surface area contributed by atoms with Gasteiger partial charge in [0.15, 0.2) is 8.32 Å². The number of allylic oxidation sites excluding steroid dienone is 1. The maximum atomic E-state index is 6.04. The Morgan fingerprint density at radius 2 is 2.07 bits per heavy atom. The Morgan fingerprint density at radius 1 is 1.43 bits per heavy atom. The average molecular weight is 210 g/mol. The highest BCUT2D eigenvalue weighted by atomic mass is 28.4. The summed E-state index contributed by atoms with van der Waals surface area (Å²) in [6.45, 7) is 8.85. The molecule has 0 rings (SSSR count). The monoisotopic (exact) mass is 210 g/mol. The first kappa shape index (κ1) is 13.5. The van der Waals surface area contributed by atoms with Crippen LogP contribution >= 0.6 is 0 Å². The molecule has 80 valence electrons. The van der Waals surface area contributed by atoms with Crippen LogP contribution in [0.25, 0.3) is 0 Å². The van der Waals surface area contributed by atoms with Crippen LogP contribution in [0, 0.1) is 12.3 Å². The van der Waals surface area contributed by atoms with Crippen LogP contribution < -0.4 is 0 Å². The molecule has 0 aromatic rings. The third-order valence-corrected chi connectivity index (χ3v) is 2.78. The molecule has 1 unspecified atom stereocenters. The van der Waals surface area contributed by atoms with Crippen molar-refractivity contribution < 1.29 is 4.43 Å². The van der Waals surface area contributed by atoms with Crippen molar-refractivity contribution in [3.63, 3.8) is 0 Å². The first-order valence-corrected chi connectivity index (χ1v) is 8.69. The molecule has 0 fully saturated rings. The summed E-state index contributed by atoms with van der Waals surface area (Å²) >= 11 is 0. The molecule has 0 spiro atoms. The van der Waals surface area contributed by atoms with Gasteiger partial charge in [0.1, 0.15) is 0 Å². The predicted molar refractivity (Wildman–Crippen MR) is 65.7 cm³/mol. The van der Waals surface area contributed by atoms with Gasteiger partial charge in [-0.25, -0.2) is 0 Å². The largest absolute Gasteiger partial charge is 0.414 e. The zero-order valence-electron chi connectivity index (χ0n) is 9.84. The molecule has 0 aromatic heterocycles. The van der Waals surface area contributed by atoms with Gasteiger partial charge in [-0.1, -0.05) is 25.3 Å². The van der Waals surface area contributed by atoms with Crippen molar-refractivity contribution in [2.75, 3.05) is 0 Å². The second-order valence-electron chi connectivity index (χ2n) is 4.45. The van der Waals surface area contributed by atoms with Crippen LogP contribution in [0.1, 0.15) is 26.2 Å². The summed E-state index contributed by atoms with van der Waals surface area (Å²) in [5.74, 6) is 2.50. The van der Waals surface area contributed by atoms with Gasteiger partial charge in [-0.15, -0.1) is 6.42 Å². The van der Waals surface area contributed by atoms with Gasteiger partial charge >= 0.3 is 0 Å². The van der Waals surface area contributed by atoms with Crippen LogP contribution in [0.2, 0.25) is 19.6 Å². The minimum absolute atomic E-state index is 0.358. The Bertz CT molecular complexity index is 207. The molecule has 0 N–H and O–H groups in total. The van der Waals surface area contributed by atoms with Crippen molar-refractivity contribution in [2.24, 2.45) is 0 Å². The lowest BCUT2D eigenvalue weighted by Crippen LogP contribution is -2.31. The summed E-state index contributed by atoms with van der Waals surface area (Å²) in [4.78, 5) is 0. The van der Waals surface area contributed by atoms with E-state index in [1.165, 1.54) is 6.42 Å². The van der Waals surface area contributed by atoms with Crippen LogP contribution in [-0.4, -0.2) is 14.4 Å². The standard InChI is InChI=1S/C12H22OSi/c1-6-8-9-11-12(10-7-2)13-14(3,4)5/h1,8-9,12H,7,10-11H2,2-5H3. The van der Waals surface area contributed by atoms with Crippen molar-refractivity contribution >= 4 is 8.32 Å². The van der Waals surface area contributed by atoms with E-state index in [9.17, 15) is 0 Å². The fraction of sp³-hybridized carbons (Fsp3) is 0.667. The number of rotatable bonds is 6. The van der Waals surface area contributed by atoms with Gasteiger partial charge in [0.05, 0.1) is 0 Å². The molecule has 0 aliphatic carbocycles. The van der Waals surface area contributed by atoms with E-state index in [4.69, 9.17) is 10.8 Å². The Labute approximate surface area is 89.7 Å². The molecule has 0 radical (unpaired) electrons. The van der Waals surface area contributed by atoms with E-state index in [1.54, 1.807) is 6.08 Å². The molecule has 0 saturated carbocycles. The van der Waals surface area contributed by atoms with Gasteiger partial charge < -0.3 is 4.43 Å². The van der Waals surface area contributed by atoms with Gasteiger partial charge in [-0.3, -0.25) is 0 Å². The average Bonchev–Trinajstić information content (AvgIpc) is 2.02. The molecule has 0 aliphatic rings. The molecular weight excluding hydrogens is 188 g/mol. The lowest BCUT2D eigenvalue weighted by molar-refractivity contribution is 0.186. The van der Waals surface area contributed by atoms with Gasteiger partial charge in [0.2, 0.25) is 0 Å². The zero-order valence-corrected chi connectivity index (χ0v) is 10.8. The first-order chi connectivity index (χ1) is 6.49. The molecule has 0 saturated heterocycles. The van der Waals surface area contributed by atoms with Gasteiger partial charge in [0, 0.05) is 6.10 Å². The van der Waals surface area contributed by atoms with Crippen molar-refractivity contribution in [1.82, 2.24) is 0 Å². The molecule has 0 aliphatic heterocycles. The van der Waals surface area contributed by atoms with Crippen molar-refractivity contribution in [2.45, 2.75) is 51.9 Å². The number of hydrogen-bond donors (Lipinski definition) is 0. The van der Waals surface area contributed by atoms with E-state index < -0.39 is 8.32 Å².